The van der Waals surface area contributed by atoms with Crippen molar-refractivity contribution in [2.75, 3.05) is 38.0 Å². The first kappa shape index (κ1) is 48.0. The first-order valence-electron chi connectivity index (χ1n) is 21.2. The zero-order valence-corrected chi connectivity index (χ0v) is 36.6. The molecule has 0 spiro atoms. The Labute approximate surface area is 377 Å². The first-order chi connectivity index (χ1) is 31.3. The molecule has 0 saturated carbocycles. The van der Waals surface area contributed by atoms with E-state index in [1.165, 1.54) is 11.3 Å². The number of thiazole rings is 1. The van der Waals surface area contributed by atoms with E-state index in [1.807, 2.05) is 24.3 Å². The Hall–Kier alpha value is -7.06. The number of benzene rings is 4. The average Bonchev–Trinajstić information content (AvgIpc) is 3.76. The van der Waals surface area contributed by atoms with E-state index in [1.54, 1.807) is 84.0 Å². The van der Waals surface area contributed by atoms with Gasteiger partial charge in [-0.1, -0.05) is 42.7 Å². The van der Waals surface area contributed by atoms with Crippen molar-refractivity contribution in [3.05, 3.63) is 146 Å². The summed E-state index contributed by atoms with van der Waals surface area (Å²) >= 11 is 1.50. The van der Waals surface area contributed by atoms with E-state index < -0.39 is 23.9 Å². The molecule has 0 aliphatic carbocycles. The number of hydrogen-bond donors (Lipinski definition) is 0. The number of nitrogens with zero attached hydrogens (tertiary/aromatic N) is 3. The molecule has 13 nitrogen and oxygen atoms in total. The highest BCUT2D eigenvalue weighted by Gasteiger charge is 2.17. The van der Waals surface area contributed by atoms with E-state index in [0.29, 0.717) is 72.7 Å². The van der Waals surface area contributed by atoms with Crippen molar-refractivity contribution >= 4 is 56.8 Å². The van der Waals surface area contributed by atoms with Gasteiger partial charge < -0.3 is 28.4 Å². The normalized spacial score (nSPS) is 10.8. The largest absolute Gasteiger partial charge is 0.494 e. The number of carbonyl (C=O) groups excluding carboxylic acids is 4. The van der Waals surface area contributed by atoms with E-state index in [0.717, 1.165) is 73.7 Å². The van der Waals surface area contributed by atoms with Crippen LogP contribution in [0.2, 0.25) is 0 Å². The van der Waals surface area contributed by atoms with E-state index in [-0.39, 0.29) is 11.5 Å². The highest BCUT2D eigenvalue weighted by Crippen LogP contribution is 2.30. The quantitative estimate of drug-likeness (QED) is 0.00894. The summed E-state index contributed by atoms with van der Waals surface area (Å²) in [7, 11) is 0. The molecule has 0 amide bonds. The van der Waals surface area contributed by atoms with Crippen molar-refractivity contribution in [2.45, 2.75) is 57.8 Å². The van der Waals surface area contributed by atoms with Gasteiger partial charge >= 0.3 is 23.9 Å². The summed E-state index contributed by atoms with van der Waals surface area (Å²) < 4.78 is 34.4. The molecule has 0 aliphatic heterocycles. The maximum Gasteiger partial charge on any atom is 0.343 e. The topological polar surface area (TPSA) is 152 Å². The third-order valence-corrected chi connectivity index (χ3v) is 10.4. The Morgan fingerprint density at radius 2 is 1.16 bits per heavy atom. The minimum absolute atomic E-state index is 0.193. The van der Waals surface area contributed by atoms with Crippen LogP contribution in [0.5, 0.6) is 23.0 Å². The number of ether oxygens (including phenoxy) is 6. The molecule has 0 saturated heterocycles. The lowest BCUT2D eigenvalue weighted by Crippen LogP contribution is -2.17. The zero-order valence-electron chi connectivity index (χ0n) is 35.8. The van der Waals surface area contributed by atoms with Gasteiger partial charge in [0.05, 0.1) is 54.0 Å². The third-order valence-electron chi connectivity index (χ3n) is 9.40. The van der Waals surface area contributed by atoms with Crippen LogP contribution in [0.1, 0.15) is 84.1 Å². The Morgan fingerprint density at radius 3 is 1.70 bits per heavy atom. The van der Waals surface area contributed by atoms with Crippen molar-refractivity contribution in [3.8, 4) is 23.0 Å². The predicted octanol–water partition coefficient (Wildman–Crippen LogP) is 10.5. The number of esters is 4. The molecule has 0 N–H and O–H groups in total. The fourth-order valence-corrected chi connectivity index (χ4v) is 6.91. The van der Waals surface area contributed by atoms with Gasteiger partial charge in [0, 0.05) is 24.3 Å². The maximum atomic E-state index is 13.5. The van der Waals surface area contributed by atoms with Crippen molar-refractivity contribution < 1.29 is 47.6 Å². The lowest BCUT2D eigenvalue weighted by Gasteiger charge is -2.15. The smallest absolute Gasteiger partial charge is 0.343 e. The number of aromatic nitrogens is 1. The zero-order chi connectivity index (χ0) is 45.4. The molecule has 0 bridgehead atoms. The number of unbranched alkanes of at least 4 members (excludes halogenated alkanes) is 6. The average molecular weight is 888 g/mol. The number of fused-ring (bicyclic) bond motifs is 1. The number of carbonyl (C=O) groups is 4. The second-order valence-electron chi connectivity index (χ2n) is 14.2. The molecule has 0 atom stereocenters. The van der Waals surface area contributed by atoms with Crippen LogP contribution >= 0.6 is 11.3 Å². The van der Waals surface area contributed by atoms with E-state index in [2.05, 4.69) is 19.7 Å². The van der Waals surface area contributed by atoms with Gasteiger partial charge in [0.1, 0.15) is 23.0 Å². The van der Waals surface area contributed by atoms with Gasteiger partial charge in [0.15, 0.2) is 0 Å². The Morgan fingerprint density at radius 1 is 0.625 bits per heavy atom. The monoisotopic (exact) mass is 887 g/mol. The van der Waals surface area contributed by atoms with Crippen LogP contribution in [0, 0.1) is 0 Å². The molecular formula is C50H53N3O10S. The van der Waals surface area contributed by atoms with Crippen LogP contribution in [0.3, 0.4) is 0 Å². The minimum atomic E-state index is -0.605. The second-order valence-corrected chi connectivity index (χ2v) is 15.2. The van der Waals surface area contributed by atoms with Crippen molar-refractivity contribution in [1.82, 2.24) is 4.98 Å². The molecule has 5 rings (SSSR count). The Balaban J connectivity index is 1.22. The van der Waals surface area contributed by atoms with Gasteiger partial charge in [-0.05, 0) is 137 Å². The van der Waals surface area contributed by atoms with Crippen molar-refractivity contribution in [1.29, 1.82) is 0 Å². The molecule has 14 heteroatoms. The Kier molecular flexibility index (Phi) is 19.8. The molecule has 0 radical (unpaired) electrons. The van der Waals surface area contributed by atoms with E-state index >= 15 is 0 Å². The lowest BCUT2D eigenvalue weighted by atomic mass is 10.2. The summed E-state index contributed by atoms with van der Waals surface area (Å²) in [6.45, 7) is 12.9. The van der Waals surface area contributed by atoms with Gasteiger partial charge in [0.25, 0.3) is 0 Å². The molecule has 0 fully saturated rings. The Bertz CT molecular complexity index is 2320. The van der Waals surface area contributed by atoms with Gasteiger partial charge in [-0.2, -0.15) is 5.10 Å². The standard InChI is InChI=1S/C50H53N3O10S/c1-4-7-30-53(50-52-43-18-12-13-19-45(43)64-50)51-36-39-35-42(62-48(56)37-20-24-40(25-21-37)58-31-14-8-10-16-33-60-46(54)5-2)28-29-44(39)63-49(57)38-22-26-41(27-23-38)59-32-15-9-11-17-34-61-47(55)6-3/h4-6,12-13,18-29,35-36H,1-3,7-11,14-17,30-34H2. The molecule has 5 aromatic rings. The van der Waals surface area contributed by atoms with E-state index in [4.69, 9.17) is 38.5 Å². The summed E-state index contributed by atoms with van der Waals surface area (Å²) in [4.78, 5) is 53.8. The van der Waals surface area contributed by atoms with Crippen molar-refractivity contribution in [3.63, 3.8) is 0 Å². The minimum Gasteiger partial charge on any atom is -0.494 e. The molecule has 334 valence electrons. The first-order valence-corrected chi connectivity index (χ1v) is 22.0. The number of rotatable bonds is 28. The van der Waals surface area contributed by atoms with Crippen LogP contribution in [0.4, 0.5) is 5.13 Å². The summed E-state index contributed by atoms with van der Waals surface area (Å²) in [5.74, 6) is -0.399. The predicted molar refractivity (Wildman–Crippen MR) is 249 cm³/mol. The summed E-state index contributed by atoms with van der Waals surface area (Å²) in [6.07, 6.45) is 13.1. The fraction of sp³-hybridized carbons (Fsp3) is 0.280. The highest BCUT2D eigenvalue weighted by atomic mass is 32.1. The van der Waals surface area contributed by atoms with Crippen LogP contribution in [0.25, 0.3) is 10.2 Å². The van der Waals surface area contributed by atoms with E-state index in [9.17, 15) is 19.2 Å². The van der Waals surface area contributed by atoms with Crippen LogP contribution in [0.15, 0.2) is 134 Å². The molecule has 64 heavy (non-hydrogen) atoms. The van der Waals surface area contributed by atoms with Gasteiger partial charge in [-0.25, -0.2) is 29.2 Å². The van der Waals surface area contributed by atoms with Crippen LogP contribution in [-0.4, -0.2) is 68.0 Å². The summed E-state index contributed by atoms with van der Waals surface area (Å²) in [5.41, 5.74) is 1.84. The van der Waals surface area contributed by atoms with Gasteiger partial charge in [-0.15, -0.1) is 6.58 Å². The third kappa shape index (κ3) is 16.0. The number of anilines is 1. The highest BCUT2D eigenvalue weighted by molar-refractivity contribution is 7.22. The number of hydrogen-bond acceptors (Lipinski definition) is 14. The molecule has 1 heterocycles. The molecule has 0 unspecified atom stereocenters. The van der Waals surface area contributed by atoms with Gasteiger partial charge in [0.2, 0.25) is 5.13 Å². The molecular weight excluding hydrogens is 835 g/mol. The van der Waals surface area contributed by atoms with Crippen molar-refractivity contribution in [2.24, 2.45) is 5.10 Å². The summed E-state index contributed by atoms with van der Waals surface area (Å²) in [6, 6.07) is 25.9. The van der Waals surface area contributed by atoms with Gasteiger partial charge in [-0.3, -0.25) is 0 Å². The summed E-state index contributed by atoms with van der Waals surface area (Å²) in [5, 5.41) is 7.19. The molecule has 1 aromatic heterocycles. The fourth-order valence-electron chi connectivity index (χ4n) is 5.96. The maximum absolute atomic E-state index is 13.5. The van der Waals surface area contributed by atoms with Crippen LogP contribution in [-0.2, 0) is 19.1 Å². The number of hydrazone groups is 1. The molecule has 4 aromatic carbocycles. The second kappa shape index (κ2) is 26.4. The molecule has 0 aliphatic rings. The number of para-hydroxylation sites is 1. The lowest BCUT2D eigenvalue weighted by molar-refractivity contribution is -0.138. The SMILES string of the molecule is C=CCCN(N=Cc1cc(OC(=O)c2ccc(OCCCCCCOC(=O)C=C)cc2)ccc1OC(=O)c1ccc(OCCCCCCOC(=O)C=C)cc1)c1nc2ccccc2s1. The van der Waals surface area contributed by atoms with Crippen LogP contribution < -0.4 is 24.0 Å².